The van der Waals surface area contributed by atoms with E-state index in [0.717, 1.165) is 19.3 Å². The van der Waals surface area contributed by atoms with Gasteiger partial charge in [0.15, 0.2) is 0 Å². The zero-order valence-electron chi connectivity index (χ0n) is 7.49. The molecule has 0 bridgehead atoms. The van der Waals surface area contributed by atoms with Gasteiger partial charge >= 0.3 is 5.97 Å². The van der Waals surface area contributed by atoms with Crippen LogP contribution in [0.5, 0.6) is 0 Å². The minimum absolute atomic E-state index is 0. The van der Waals surface area contributed by atoms with Crippen LogP contribution in [-0.4, -0.2) is 35.1 Å². The van der Waals surface area contributed by atoms with E-state index in [1.807, 2.05) is 11.9 Å². The maximum Gasteiger partial charge on any atom is 0.320 e. The van der Waals surface area contributed by atoms with E-state index in [2.05, 4.69) is 6.92 Å². The Morgan fingerprint density at radius 2 is 2.08 bits per heavy atom. The summed E-state index contributed by atoms with van der Waals surface area (Å²) >= 11 is 0. The topological polar surface area (TPSA) is 40.5 Å². The van der Waals surface area contributed by atoms with E-state index >= 15 is 0 Å². The van der Waals surface area contributed by atoms with Crippen molar-refractivity contribution in [3.8, 4) is 0 Å². The average Bonchev–Trinajstić information content (AvgIpc) is 1.94. The van der Waals surface area contributed by atoms with Crippen LogP contribution in [0.25, 0.3) is 0 Å². The molecule has 1 fully saturated rings. The van der Waals surface area contributed by atoms with E-state index < -0.39 is 5.97 Å². The first-order chi connectivity index (χ1) is 5.13. The van der Waals surface area contributed by atoms with Crippen LogP contribution in [0.1, 0.15) is 26.2 Å². The molecule has 0 saturated carbocycles. The highest BCUT2D eigenvalue weighted by molar-refractivity contribution is 5.85. The Kier molecular flexibility index (Phi) is 4.57. The average molecular weight is 194 g/mol. The SMILES string of the molecule is CC1CCCC(C(=O)O)N1C.Cl. The van der Waals surface area contributed by atoms with Gasteiger partial charge in [-0.2, -0.15) is 0 Å². The lowest BCUT2D eigenvalue weighted by Gasteiger charge is -2.35. The Bertz CT molecular complexity index is 163. The summed E-state index contributed by atoms with van der Waals surface area (Å²) in [6.07, 6.45) is 2.97. The van der Waals surface area contributed by atoms with Gasteiger partial charge < -0.3 is 5.11 Å². The molecule has 0 aromatic carbocycles. The van der Waals surface area contributed by atoms with Crippen LogP contribution >= 0.6 is 12.4 Å². The second-order valence-electron chi connectivity index (χ2n) is 3.30. The number of carboxylic acid groups (broad SMARTS) is 1. The Hall–Kier alpha value is -0.280. The van der Waals surface area contributed by atoms with Crippen LogP contribution in [0.4, 0.5) is 0 Å². The van der Waals surface area contributed by atoms with Crippen LogP contribution in [0.2, 0.25) is 0 Å². The number of carbonyl (C=O) groups is 1. The molecule has 4 heteroatoms. The lowest BCUT2D eigenvalue weighted by atomic mass is 9.97. The fraction of sp³-hybridized carbons (Fsp3) is 0.875. The predicted molar refractivity (Wildman–Crippen MR) is 49.7 cm³/mol. The number of hydrogen-bond donors (Lipinski definition) is 1. The zero-order valence-corrected chi connectivity index (χ0v) is 8.30. The number of halogens is 1. The molecule has 0 radical (unpaired) electrons. The number of piperidine rings is 1. The molecule has 12 heavy (non-hydrogen) atoms. The van der Waals surface area contributed by atoms with E-state index in [0.29, 0.717) is 6.04 Å². The highest BCUT2D eigenvalue weighted by atomic mass is 35.5. The summed E-state index contributed by atoms with van der Waals surface area (Å²) in [5.41, 5.74) is 0. The molecule has 1 saturated heterocycles. The number of carboxylic acids is 1. The van der Waals surface area contributed by atoms with Crippen molar-refractivity contribution in [2.24, 2.45) is 0 Å². The molecule has 1 heterocycles. The maximum atomic E-state index is 10.7. The third kappa shape index (κ3) is 2.35. The Balaban J connectivity index is 0.00000121. The Labute approximate surface area is 79.2 Å². The fourth-order valence-corrected chi connectivity index (χ4v) is 1.62. The molecule has 2 atom stereocenters. The summed E-state index contributed by atoms with van der Waals surface area (Å²) in [4.78, 5) is 12.6. The van der Waals surface area contributed by atoms with Crippen LogP contribution < -0.4 is 0 Å². The molecule has 0 amide bonds. The van der Waals surface area contributed by atoms with Gasteiger partial charge in [-0.1, -0.05) is 0 Å². The number of rotatable bonds is 1. The standard InChI is InChI=1S/C8H15NO2.ClH/c1-6-4-3-5-7(8(10)11)9(6)2;/h6-7H,3-5H2,1-2H3,(H,10,11);1H. The molecule has 1 aliphatic rings. The first-order valence-corrected chi connectivity index (χ1v) is 4.07. The Morgan fingerprint density at radius 1 is 1.50 bits per heavy atom. The third-order valence-corrected chi connectivity index (χ3v) is 2.57. The van der Waals surface area contributed by atoms with Gasteiger partial charge in [0.25, 0.3) is 0 Å². The molecular weight excluding hydrogens is 178 g/mol. The van der Waals surface area contributed by atoms with E-state index in [1.54, 1.807) is 0 Å². The van der Waals surface area contributed by atoms with Crippen molar-refractivity contribution in [1.82, 2.24) is 4.90 Å². The van der Waals surface area contributed by atoms with Crippen LogP contribution in [0, 0.1) is 0 Å². The summed E-state index contributed by atoms with van der Waals surface area (Å²) < 4.78 is 0. The number of nitrogens with zero attached hydrogens (tertiary/aromatic N) is 1. The molecule has 3 nitrogen and oxygen atoms in total. The lowest BCUT2D eigenvalue weighted by molar-refractivity contribution is -0.145. The highest BCUT2D eigenvalue weighted by Crippen LogP contribution is 2.20. The first-order valence-electron chi connectivity index (χ1n) is 4.07. The molecule has 72 valence electrons. The van der Waals surface area contributed by atoms with Crippen molar-refractivity contribution < 1.29 is 9.90 Å². The number of hydrogen-bond acceptors (Lipinski definition) is 2. The number of likely N-dealkylation sites (tertiary alicyclic amines) is 1. The summed E-state index contributed by atoms with van der Waals surface area (Å²) in [6, 6.07) is 0.170. The second kappa shape index (κ2) is 4.67. The van der Waals surface area contributed by atoms with Gasteiger partial charge in [0, 0.05) is 6.04 Å². The van der Waals surface area contributed by atoms with E-state index in [9.17, 15) is 4.79 Å². The van der Waals surface area contributed by atoms with E-state index in [4.69, 9.17) is 5.11 Å². The summed E-state index contributed by atoms with van der Waals surface area (Å²) in [6.45, 7) is 2.08. The summed E-state index contributed by atoms with van der Waals surface area (Å²) in [7, 11) is 1.89. The van der Waals surface area contributed by atoms with Crippen LogP contribution in [0.3, 0.4) is 0 Å². The molecule has 0 aliphatic carbocycles. The highest BCUT2D eigenvalue weighted by Gasteiger charge is 2.29. The summed E-state index contributed by atoms with van der Waals surface area (Å²) in [5.74, 6) is -0.681. The van der Waals surface area contributed by atoms with E-state index in [1.165, 1.54) is 0 Å². The molecule has 1 N–H and O–H groups in total. The van der Waals surface area contributed by atoms with Crippen LogP contribution in [-0.2, 0) is 4.79 Å². The molecule has 1 aliphatic heterocycles. The fourth-order valence-electron chi connectivity index (χ4n) is 1.62. The molecule has 0 aromatic heterocycles. The van der Waals surface area contributed by atoms with E-state index in [-0.39, 0.29) is 18.4 Å². The van der Waals surface area contributed by atoms with Gasteiger partial charge in [-0.25, -0.2) is 0 Å². The van der Waals surface area contributed by atoms with Gasteiger partial charge in [0.1, 0.15) is 6.04 Å². The third-order valence-electron chi connectivity index (χ3n) is 2.57. The molecule has 0 spiro atoms. The van der Waals surface area contributed by atoms with Gasteiger partial charge in [-0.3, -0.25) is 9.69 Å². The van der Waals surface area contributed by atoms with Gasteiger partial charge in [0.05, 0.1) is 0 Å². The lowest BCUT2D eigenvalue weighted by Crippen LogP contribution is -2.46. The molecule has 1 rings (SSSR count). The van der Waals surface area contributed by atoms with Gasteiger partial charge in [0.2, 0.25) is 0 Å². The summed E-state index contributed by atoms with van der Waals surface area (Å²) in [5, 5.41) is 8.78. The van der Waals surface area contributed by atoms with Crippen molar-refractivity contribution >= 4 is 18.4 Å². The predicted octanol–water partition coefficient (Wildman–Crippen LogP) is 1.37. The van der Waals surface area contributed by atoms with Crippen molar-refractivity contribution in [3.05, 3.63) is 0 Å². The largest absolute Gasteiger partial charge is 0.480 e. The number of likely N-dealkylation sites (N-methyl/N-ethyl adjacent to an activating group) is 1. The minimum atomic E-state index is -0.681. The Morgan fingerprint density at radius 3 is 2.50 bits per heavy atom. The van der Waals surface area contributed by atoms with Crippen LogP contribution in [0.15, 0.2) is 0 Å². The first kappa shape index (κ1) is 11.7. The van der Waals surface area contributed by atoms with Crippen molar-refractivity contribution in [2.45, 2.75) is 38.3 Å². The molecule has 0 aromatic rings. The van der Waals surface area contributed by atoms with Crippen molar-refractivity contribution in [2.75, 3.05) is 7.05 Å². The minimum Gasteiger partial charge on any atom is -0.480 e. The van der Waals surface area contributed by atoms with Crippen molar-refractivity contribution in [1.29, 1.82) is 0 Å². The van der Waals surface area contributed by atoms with Crippen molar-refractivity contribution in [3.63, 3.8) is 0 Å². The molecular formula is C8H16ClNO2. The smallest absolute Gasteiger partial charge is 0.320 e. The van der Waals surface area contributed by atoms with Gasteiger partial charge in [-0.15, -0.1) is 12.4 Å². The van der Waals surface area contributed by atoms with Gasteiger partial charge in [-0.05, 0) is 33.2 Å². The maximum absolute atomic E-state index is 10.7. The normalized spacial score (nSPS) is 30.8. The number of aliphatic carboxylic acids is 1. The molecule has 2 unspecified atom stereocenters. The monoisotopic (exact) mass is 193 g/mol. The second-order valence-corrected chi connectivity index (χ2v) is 3.30. The zero-order chi connectivity index (χ0) is 8.43. The quantitative estimate of drug-likeness (QED) is 0.684.